The third-order valence-corrected chi connectivity index (χ3v) is 3.48. The molecule has 0 fully saturated rings. The number of imidazole rings is 1. The summed E-state index contributed by atoms with van der Waals surface area (Å²) in [6.45, 7) is 1.02. The van der Waals surface area contributed by atoms with Gasteiger partial charge in [0.15, 0.2) is 11.6 Å². The first-order valence-corrected chi connectivity index (χ1v) is 6.70. The van der Waals surface area contributed by atoms with Crippen molar-refractivity contribution in [1.82, 2.24) is 14.9 Å². The van der Waals surface area contributed by atoms with Crippen LogP contribution in [0.3, 0.4) is 0 Å². The first kappa shape index (κ1) is 13.7. The lowest BCUT2D eigenvalue weighted by atomic mass is 10.2. The van der Waals surface area contributed by atoms with Crippen molar-refractivity contribution in [3.8, 4) is 0 Å². The van der Waals surface area contributed by atoms with E-state index in [0.717, 1.165) is 22.9 Å². The maximum Gasteiger partial charge on any atom is 0.159 e. The van der Waals surface area contributed by atoms with E-state index in [-0.39, 0.29) is 0 Å². The summed E-state index contributed by atoms with van der Waals surface area (Å²) in [7, 11) is 1.96. The predicted octanol–water partition coefficient (Wildman–Crippen LogP) is 3.14. The first-order chi connectivity index (χ1) is 10.1. The van der Waals surface area contributed by atoms with E-state index in [1.54, 1.807) is 6.07 Å². The lowest BCUT2D eigenvalue weighted by Crippen LogP contribution is -2.16. The molecule has 1 aromatic heterocycles. The summed E-state index contributed by atoms with van der Waals surface area (Å²) >= 11 is 0. The standard InChI is InChI=1S/C16H15F2N3/c1-21-15-5-3-2-4-14(15)20-16(21)10-19-9-11-6-7-12(17)13(18)8-11/h2-8,19H,9-10H2,1H3. The Balaban J connectivity index is 1.69. The Morgan fingerprint density at radius 3 is 2.62 bits per heavy atom. The number of hydrogen-bond acceptors (Lipinski definition) is 2. The second-order valence-corrected chi connectivity index (χ2v) is 4.93. The molecule has 2 aromatic carbocycles. The van der Waals surface area contributed by atoms with Gasteiger partial charge in [-0.3, -0.25) is 0 Å². The Kier molecular flexibility index (Phi) is 3.66. The molecule has 5 heteroatoms. The Morgan fingerprint density at radius 2 is 1.86 bits per heavy atom. The Hall–Kier alpha value is -2.27. The molecule has 0 saturated heterocycles. The van der Waals surface area contributed by atoms with E-state index in [1.807, 2.05) is 35.9 Å². The Bertz CT molecular complexity index is 780. The third kappa shape index (κ3) is 2.78. The summed E-state index contributed by atoms with van der Waals surface area (Å²) in [6.07, 6.45) is 0. The van der Waals surface area contributed by atoms with Gasteiger partial charge in [-0.15, -0.1) is 0 Å². The van der Waals surface area contributed by atoms with Crippen LogP contribution in [0.5, 0.6) is 0 Å². The van der Waals surface area contributed by atoms with Crippen molar-refractivity contribution in [3.63, 3.8) is 0 Å². The SMILES string of the molecule is Cn1c(CNCc2ccc(F)c(F)c2)nc2ccccc21. The van der Waals surface area contributed by atoms with Crippen molar-refractivity contribution >= 4 is 11.0 Å². The van der Waals surface area contributed by atoms with E-state index >= 15 is 0 Å². The van der Waals surface area contributed by atoms with Crippen molar-refractivity contribution in [2.75, 3.05) is 0 Å². The van der Waals surface area contributed by atoms with Gasteiger partial charge < -0.3 is 9.88 Å². The minimum absolute atomic E-state index is 0.459. The van der Waals surface area contributed by atoms with Gasteiger partial charge in [0.05, 0.1) is 17.6 Å². The molecule has 3 aromatic rings. The van der Waals surface area contributed by atoms with Gasteiger partial charge in [0.1, 0.15) is 5.82 Å². The van der Waals surface area contributed by atoms with E-state index in [4.69, 9.17) is 0 Å². The number of fused-ring (bicyclic) bond motifs is 1. The highest BCUT2D eigenvalue weighted by Gasteiger charge is 2.07. The van der Waals surface area contributed by atoms with Gasteiger partial charge in [0.25, 0.3) is 0 Å². The summed E-state index contributed by atoms with van der Waals surface area (Å²) < 4.78 is 28.0. The summed E-state index contributed by atoms with van der Waals surface area (Å²) in [5.74, 6) is -0.745. The maximum atomic E-state index is 13.1. The number of hydrogen-bond donors (Lipinski definition) is 1. The van der Waals surface area contributed by atoms with E-state index in [0.29, 0.717) is 18.7 Å². The molecule has 0 aliphatic carbocycles. The second kappa shape index (κ2) is 5.61. The lowest BCUT2D eigenvalue weighted by molar-refractivity contribution is 0.505. The van der Waals surface area contributed by atoms with Crippen LogP contribution in [0.4, 0.5) is 8.78 Å². The van der Waals surface area contributed by atoms with E-state index in [1.165, 1.54) is 6.07 Å². The average molecular weight is 287 g/mol. The first-order valence-electron chi connectivity index (χ1n) is 6.70. The molecule has 0 amide bonds. The van der Waals surface area contributed by atoms with Gasteiger partial charge in [0, 0.05) is 13.6 Å². The zero-order valence-electron chi connectivity index (χ0n) is 11.6. The molecule has 3 rings (SSSR count). The number of halogens is 2. The van der Waals surface area contributed by atoms with Crippen LogP contribution in [0.25, 0.3) is 11.0 Å². The number of aryl methyl sites for hydroxylation is 1. The molecule has 0 saturated carbocycles. The van der Waals surface area contributed by atoms with Crippen LogP contribution in [0, 0.1) is 11.6 Å². The van der Waals surface area contributed by atoms with Crippen LogP contribution < -0.4 is 5.32 Å². The van der Waals surface area contributed by atoms with Crippen molar-refractivity contribution < 1.29 is 8.78 Å². The second-order valence-electron chi connectivity index (χ2n) is 4.93. The van der Waals surface area contributed by atoms with E-state index < -0.39 is 11.6 Å². The van der Waals surface area contributed by atoms with Crippen LogP contribution in [-0.2, 0) is 20.1 Å². The number of aromatic nitrogens is 2. The molecule has 108 valence electrons. The van der Waals surface area contributed by atoms with Crippen molar-refractivity contribution in [1.29, 1.82) is 0 Å². The molecule has 0 aliphatic rings. The van der Waals surface area contributed by atoms with Crippen LogP contribution in [0.15, 0.2) is 42.5 Å². The minimum Gasteiger partial charge on any atom is -0.330 e. The highest BCUT2D eigenvalue weighted by Crippen LogP contribution is 2.14. The molecule has 3 nitrogen and oxygen atoms in total. The van der Waals surface area contributed by atoms with Gasteiger partial charge in [-0.05, 0) is 29.8 Å². The Labute approximate surface area is 121 Å². The lowest BCUT2D eigenvalue weighted by Gasteiger charge is -2.06. The van der Waals surface area contributed by atoms with Gasteiger partial charge in [-0.2, -0.15) is 0 Å². The molecule has 1 heterocycles. The highest BCUT2D eigenvalue weighted by atomic mass is 19.2. The topological polar surface area (TPSA) is 29.9 Å². The number of nitrogens with one attached hydrogen (secondary N) is 1. The fraction of sp³-hybridized carbons (Fsp3) is 0.188. The van der Waals surface area contributed by atoms with Crippen LogP contribution in [0.1, 0.15) is 11.4 Å². The molecule has 0 radical (unpaired) electrons. The summed E-state index contributed by atoms with van der Waals surface area (Å²) in [5, 5.41) is 3.19. The molecule has 0 spiro atoms. The molecular formula is C16H15F2N3. The van der Waals surface area contributed by atoms with E-state index in [9.17, 15) is 8.78 Å². The van der Waals surface area contributed by atoms with Gasteiger partial charge in [-0.25, -0.2) is 13.8 Å². The molecule has 0 aliphatic heterocycles. The predicted molar refractivity (Wildman–Crippen MR) is 77.6 cm³/mol. The molecule has 0 bridgehead atoms. The highest BCUT2D eigenvalue weighted by molar-refractivity contribution is 5.75. The summed E-state index contributed by atoms with van der Waals surface area (Å²) in [4.78, 5) is 4.54. The fourth-order valence-corrected chi connectivity index (χ4v) is 2.32. The number of rotatable bonds is 4. The van der Waals surface area contributed by atoms with Crippen LogP contribution >= 0.6 is 0 Å². The van der Waals surface area contributed by atoms with Crippen molar-refractivity contribution in [2.24, 2.45) is 7.05 Å². The quantitative estimate of drug-likeness (QED) is 0.799. The monoisotopic (exact) mass is 287 g/mol. The smallest absolute Gasteiger partial charge is 0.159 e. The fourth-order valence-electron chi connectivity index (χ4n) is 2.32. The molecule has 1 N–H and O–H groups in total. The molecule has 0 unspecified atom stereocenters. The normalized spacial score (nSPS) is 11.2. The average Bonchev–Trinajstić information content (AvgIpc) is 2.80. The maximum absolute atomic E-state index is 13.1. The largest absolute Gasteiger partial charge is 0.330 e. The Morgan fingerprint density at radius 1 is 1.05 bits per heavy atom. The number of benzene rings is 2. The van der Waals surface area contributed by atoms with Crippen LogP contribution in [-0.4, -0.2) is 9.55 Å². The van der Waals surface area contributed by atoms with Gasteiger partial charge in [0.2, 0.25) is 0 Å². The minimum atomic E-state index is -0.825. The zero-order chi connectivity index (χ0) is 14.8. The van der Waals surface area contributed by atoms with Gasteiger partial charge in [-0.1, -0.05) is 18.2 Å². The summed E-state index contributed by atoms with van der Waals surface area (Å²) in [6, 6.07) is 11.8. The summed E-state index contributed by atoms with van der Waals surface area (Å²) in [5.41, 5.74) is 2.72. The molecule has 0 atom stereocenters. The van der Waals surface area contributed by atoms with Crippen molar-refractivity contribution in [2.45, 2.75) is 13.1 Å². The van der Waals surface area contributed by atoms with E-state index in [2.05, 4.69) is 10.3 Å². The van der Waals surface area contributed by atoms with Crippen LogP contribution in [0.2, 0.25) is 0 Å². The molecule has 21 heavy (non-hydrogen) atoms. The number of nitrogens with zero attached hydrogens (tertiary/aromatic N) is 2. The van der Waals surface area contributed by atoms with Crippen molar-refractivity contribution in [3.05, 3.63) is 65.5 Å². The third-order valence-electron chi connectivity index (χ3n) is 3.48. The van der Waals surface area contributed by atoms with Gasteiger partial charge >= 0.3 is 0 Å². The number of para-hydroxylation sites is 2. The zero-order valence-corrected chi connectivity index (χ0v) is 11.6. The molecular weight excluding hydrogens is 272 g/mol.